The number of anilines is 2. The van der Waals surface area contributed by atoms with Crippen LogP contribution in [-0.4, -0.2) is 20.7 Å². The number of rotatable bonds is 3. The quantitative estimate of drug-likeness (QED) is 0.166. The molecule has 0 saturated carbocycles. The van der Waals surface area contributed by atoms with Crippen LogP contribution >= 0.6 is 11.6 Å². The molecule has 0 spiro atoms. The van der Waals surface area contributed by atoms with E-state index < -0.39 is 11.5 Å². The first kappa shape index (κ1) is 28.8. The summed E-state index contributed by atoms with van der Waals surface area (Å²) in [6.07, 6.45) is 3.52. The van der Waals surface area contributed by atoms with Gasteiger partial charge in [-0.25, -0.2) is 9.59 Å². The minimum absolute atomic E-state index is 0.461. The Morgan fingerprint density at radius 2 is 1.20 bits per heavy atom. The zero-order valence-corrected chi connectivity index (χ0v) is 23.3. The highest BCUT2D eigenvalue weighted by molar-refractivity contribution is 6.61. The average molecular weight is 569 g/mol. The summed E-state index contributed by atoms with van der Waals surface area (Å²) < 4.78 is 13.8. The van der Waals surface area contributed by atoms with E-state index in [4.69, 9.17) is 22.1 Å². The molecule has 6 aromatic rings. The van der Waals surface area contributed by atoms with E-state index in [1.807, 2.05) is 97.8 Å². The Morgan fingerprint density at radius 1 is 0.683 bits per heavy atom. The van der Waals surface area contributed by atoms with Crippen LogP contribution in [0.15, 0.2) is 122 Å². The second kappa shape index (κ2) is 13.7. The van der Waals surface area contributed by atoms with E-state index in [9.17, 15) is 9.59 Å². The number of nitrogens with one attached hydrogen (secondary N) is 1. The van der Waals surface area contributed by atoms with Crippen LogP contribution in [0.1, 0.15) is 0 Å². The Hall–Kier alpha value is -5.21. The van der Waals surface area contributed by atoms with Crippen LogP contribution in [0.4, 0.5) is 21.0 Å². The zero-order chi connectivity index (χ0) is 29.2. The molecule has 0 aliphatic carbocycles. The van der Waals surface area contributed by atoms with Gasteiger partial charge in [-0.2, -0.15) is 0 Å². The Morgan fingerprint density at radius 3 is 1.76 bits per heavy atom. The minimum atomic E-state index is -0.814. The molecule has 0 radical (unpaired) electrons. The number of hydrogen-bond donors (Lipinski definition) is 2. The second-order valence-corrected chi connectivity index (χ2v) is 9.23. The maximum absolute atomic E-state index is 11.8. The number of nitrogens with two attached hydrogens (primary N) is 1. The summed E-state index contributed by atoms with van der Waals surface area (Å²) in [4.78, 5) is 21.9. The van der Waals surface area contributed by atoms with Crippen molar-refractivity contribution in [1.82, 2.24) is 9.13 Å². The van der Waals surface area contributed by atoms with Gasteiger partial charge in [-0.3, -0.25) is 5.32 Å². The van der Waals surface area contributed by atoms with E-state index in [2.05, 4.69) is 20.7 Å². The largest absolute Gasteiger partial charge is 0.417 e. The zero-order valence-electron chi connectivity index (χ0n) is 22.5. The van der Waals surface area contributed by atoms with Crippen molar-refractivity contribution in [3.05, 3.63) is 122 Å². The third-order valence-electron chi connectivity index (χ3n) is 5.94. The SMILES string of the molecule is Cn1ccc2cc(N)ccc21.Cn1ccc2cc(NC(=O)Oc3ccccc3)ccc21.O=C(Cl)Oc1ccccc1. The molecule has 4 aromatic carbocycles. The van der Waals surface area contributed by atoms with Crippen LogP contribution < -0.4 is 20.5 Å². The second-order valence-electron chi connectivity index (χ2n) is 8.93. The lowest BCUT2D eigenvalue weighted by atomic mass is 10.2. The molecule has 41 heavy (non-hydrogen) atoms. The van der Waals surface area contributed by atoms with Crippen molar-refractivity contribution in [1.29, 1.82) is 0 Å². The number of nitrogen functional groups attached to an aromatic ring is 1. The van der Waals surface area contributed by atoms with Gasteiger partial charge in [0, 0.05) is 71.3 Å². The summed E-state index contributed by atoms with van der Waals surface area (Å²) in [6.45, 7) is 0. The number of amides is 1. The number of fused-ring (bicyclic) bond motifs is 2. The number of hydrogen-bond acceptors (Lipinski definition) is 5. The predicted molar refractivity (Wildman–Crippen MR) is 165 cm³/mol. The predicted octanol–water partition coefficient (Wildman–Crippen LogP) is 7.97. The highest BCUT2D eigenvalue weighted by Crippen LogP contribution is 2.20. The maximum atomic E-state index is 11.8. The van der Waals surface area contributed by atoms with Gasteiger partial charge in [0.05, 0.1) is 0 Å². The Bertz CT molecular complexity index is 1750. The molecule has 1 amide bonds. The molecule has 0 unspecified atom stereocenters. The molecule has 3 N–H and O–H groups in total. The lowest BCUT2D eigenvalue weighted by molar-refractivity contribution is 0.215. The number of carbonyl (C=O) groups is 2. The van der Waals surface area contributed by atoms with Gasteiger partial charge in [0.1, 0.15) is 11.5 Å². The summed E-state index contributed by atoms with van der Waals surface area (Å²) in [5.41, 5.74) is 8.68. The summed E-state index contributed by atoms with van der Waals surface area (Å²) >= 11 is 4.95. The lowest BCUT2D eigenvalue weighted by Crippen LogP contribution is -2.16. The fourth-order valence-corrected chi connectivity index (χ4v) is 4.07. The molecule has 0 aliphatic rings. The Kier molecular flexibility index (Phi) is 9.64. The first-order valence-electron chi connectivity index (χ1n) is 12.6. The number of ether oxygens (including phenoxy) is 2. The van der Waals surface area contributed by atoms with Crippen molar-refractivity contribution >= 4 is 56.3 Å². The standard InChI is InChI=1S/C16H14N2O2.C9H10N2.C7H5ClO2/c1-18-10-9-12-11-13(7-8-15(12)18)17-16(19)20-14-5-3-2-4-6-14;1-11-5-4-7-6-8(10)2-3-9(7)11;8-7(9)10-6-4-2-1-3-5-6/h2-11H,1H3,(H,17,19);2-6H,10H2,1H3;1-5H. The molecule has 6 rings (SSSR count). The van der Waals surface area contributed by atoms with E-state index in [-0.39, 0.29) is 0 Å². The van der Waals surface area contributed by atoms with Gasteiger partial charge in [0.15, 0.2) is 0 Å². The number of benzene rings is 4. The summed E-state index contributed by atoms with van der Waals surface area (Å²) in [6, 6.07) is 33.4. The van der Waals surface area contributed by atoms with E-state index in [1.165, 1.54) is 10.9 Å². The van der Waals surface area contributed by atoms with Gasteiger partial charge < -0.3 is 24.3 Å². The van der Waals surface area contributed by atoms with Crippen molar-refractivity contribution in [2.24, 2.45) is 14.1 Å². The first-order valence-corrected chi connectivity index (χ1v) is 13.0. The lowest BCUT2D eigenvalue weighted by Gasteiger charge is -2.07. The molecule has 8 nitrogen and oxygen atoms in total. The molecular weight excluding hydrogens is 540 g/mol. The monoisotopic (exact) mass is 568 g/mol. The molecule has 0 bridgehead atoms. The first-order chi connectivity index (χ1) is 19.8. The third-order valence-corrected chi connectivity index (χ3v) is 6.01. The van der Waals surface area contributed by atoms with Crippen LogP contribution in [0.3, 0.4) is 0 Å². The summed E-state index contributed by atoms with van der Waals surface area (Å²) in [7, 11) is 4.01. The smallest absolute Gasteiger partial charge is 0.415 e. The molecule has 0 atom stereocenters. The van der Waals surface area contributed by atoms with Crippen LogP contribution in [0.25, 0.3) is 21.8 Å². The number of aryl methyl sites for hydroxylation is 2. The van der Waals surface area contributed by atoms with E-state index in [0.717, 1.165) is 16.6 Å². The van der Waals surface area contributed by atoms with Crippen molar-refractivity contribution in [3.63, 3.8) is 0 Å². The highest BCUT2D eigenvalue weighted by Gasteiger charge is 2.06. The fourth-order valence-electron chi connectivity index (χ4n) is 3.98. The van der Waals surface area contributed by atoms with Gasteiger partial charge in [-0.05, 0) is 72.8 Å². The van der Waals surface area contributed by atoms with Crippen molar-refractivity contribution in [2.75, 3.05) is 11.1 Å². The molecule has 9 heteroatoms. The van der Waals surface area contributed by atoms with E-state index in [1.54, 1.807) is 36.4 Å². The summed E-state index contributed by atoms with van der Waals surface area (Å²) in [5, 5.41) is 5.00. The number of halogens is 1. The average Bonchev–Trinajstić information content (AvgIpc) is 3.51. The minimum Gasteiger partial charge on any atom is -0.415 e. The van der Waals surface area contributed by atoms with Crippen LogP contribution in [0.5, 0.6) is 11.5 Å². The van der Waals surface area contributed by atoms with Crippen molar-refractivity contribution in [3.8, 4) is 11.5 Å². The molecule has 0 saturated heterocycles. The Balaban J connectivity index is 0.000000156. The van der Waals surface area contributed by atoms with Crippen molar-refractivity contribution in [2.45, 2.75) is 0 Å². The number of aromatic nitrogens is 2. The summed E-state index contributed by atoms with van der Waals surface area (Å²) in [5.74, 6) is 0.980. The van der Waals surface area contributed by atoms with Crippen molar-refractivity contribution < 1.29 is 19.1 Å². The Labute approximate surface area is 242 Å². The van der Waals surface area contributed by atoms with E-state index >= 15 is 0 Å². The van der Waals surface area contributed by atoms with Gasteiger partial charge in [-0.1, -0.05) is 36.4 Å². The number of para-hydroxylation sites is 2. The molecule has 208 valence electrons. The fraction of sp³-hybridized carbons (Fsp3) is 0.0625. The van der Waals surface area contributed by atoms with Gasteiger partial charge in [0.2, 0.25) is 0 Å². The molecule has 2 aromatic heterocycles. The topological polar surface area (TPSA) is 101 Å². The van der Waals surface area contributed by atoms with Crippen LogP contribution in [0, 0.1) is 0 Å². The molecule has 0 fully saturated rings. The van der Waals surface area contributed by atoms with Gasteiger partial charge in [-0.15, -0.1) is 0 Å². The normalized spacial score (nSPS) is 10.1. The highest BCUT2D eigenvalue weighted by atomic mass is 35.5. The third kappa shape index (κ3) is 8.39. The molecule has 0 aliphatic heterocycles. The van der Waals surface area contributed by atoms with Gasteiger partial charge >= 0.3 is 11.5 Å². The molecular formula is C32H29ClN4O4. The number of nitrogens with zero attached hydrogens (tertiary/aromatic N) is 2. The molecule has 2 heterocycles. The van der Waals surface area contributed by atoms with E-state index in [0.29, 0.717) is 17.2 Å². The number of carbonyl (C=O) groups excluding carboxylic acids is 2. The van der Waals surface area contributed by atoms with Crippen LogP contribution in [0.2, 0.25) is 0 Å². The maximum Gasteiger partial charge on any atom is 0.417 e. The van der Waals surface area contributed by atoms with Gasteiger partial charge in [0.25, 0.3) is 0 Å². The van der Waals surface area contributed by atoms with Crippen LogP contribution in [-0.2, 0) is 14.1 Å².